The van der Waals surface area contributed by atoms with Gasteiger partial charge in [-0.15, -0.1) is 0 Å². The van der Waals surface area contributed by atoms with E-state index < -0.39 is 0 Å². The number of carbonyl (C=O) groups excluding carboxylic acids is 1. The van der Waals surface area contributed by atoms with Crippen LogP contribution in [0.5, 0.6) is 17.2 Å². The number of hydrogen-bond acceptors (Lipinski definition) is 4. The summed E-state index contributed by atoms with van der Waals surface area (Å²) < 4.78 is 15.7. The van der Waals surface area contributed by atoms with Gasteiger partial charge in [0.2, 0.25) is 5.91 Å². The smallest absolute Gasteiger partial charge is 0.246 e. The molecule has 5 nitrogen and oxygen atoms in total. The second kappa shape index (κ2) is 10.4. The average Bonchev–Trinajstić information content (AvgIpc) is 2.73. The summed E-state index contributed by atoms with van der Waals surface area (Å²) in [4.78, 5) is 14.6. The van der Waals surface area contributed by atoms with E-state index in [-0.39, 0.29) is 11.9 Å². The van der Waals surface area contributed by atoms with Crippen molar-refractivity contribution in [1.29, 1.82) is 0 Å². The number of rotatable bonds is 9. The Hall–Kier alpha value is -2.95. The van der Waals surface area contributed by atoms with Crippen LogP contribution >= 0.6 is 0 Å². The van der Waals surface area contributed by atoms with Crippen molar-refractivity contribution in [3.05, 3.63) is 59.7 Å². The monoisotopic (exact) mass is 383 g/mol. The summed E-state index contributed by atoms with van der Waals surface area (Å²) in [5.74, 6) is 2.11. The summed E-state index contributed by atoms with van der Waals surface area (Å²) in [5, 5.41) is 0. The Morgan fingerprint density at radius 3 is 2.25 bits per heavy atom. The molecular weight excluding hydrogens is 354 g/mol. The van der Waals surface area contributed by atoms with Gasteiger partial charge in [-0.2, -0.15) is 0 Å². The summed E-state index contributed by atoms with van der Waals surface area (Å²) in [6.07, 6.45) is 4.19. The Bertz CT molecular complexity index is 799. The second-order valence-electron chi connectivity index (χ2n) is 6.47. The Morgan fingerprint density at radius 2 is 1.68 bits per heavy atom. The van der Waals surface area contributed by atoms with Gasteiger partial charge in [0.1, 0.15) is 5.75 Å². The van der Waals surface area contributed by atoms with Crippen LogP contribution in [0.2, 0.25) is 0 Å². The van der Waals surface area contributed by atoms with Gasteiger partial charge in [-0.3, -0.25) is 4.79 Å². The molecule has 1 atom stereocenters. The number of carbonyl (C=O) groups is 1. The van der Waals surface area contributed by atoms with Crippen molar-refractivity contribution in [2.24, 2.45) is 0 Å². The van der Waals surface area contributed by atoms with Crippen molar-refractivity contribution in [2.75, 3.05) is 27.9 Å². The van der Waals surface area contributed by atoms with Crippen molar-refractivity contribution < 1.29 is 19.0 Å². The first-order valence-electron chi connectivity index (χ1n) is 9.36. The van der Waals surface area contributed by atoms with Gasteiger partial charge in [0.05, 0.1) is 21.3 Å². The zero-order valence-electron chi connectivity index (χ0n) is 17.3. The summed E-state index contributed by atoms with van der Waals surface area (Å²) in [7, 11) is 4.84. The highest BCUT2D eigenvalue weighted by atomic mass is 16.5. The van der Waals surface area contributed by atoms with E-state index in [1.807, 2.05) is 54.3 Å². The van der Waals surface area contributed by atoms with E-state index in [1.165, 1.54) is 5.56 Å². The summed E-state index contributed by atoms with van der Waals surface area (Å²) in [6.45, 7) is 4.70. The fourth-order valence-electron chi connectivity index (χ4n) is 3.12. The van der Waals surface area contributed by atoms with Crippen LogP contribution in [0, 0.1) is 0 Å². The third-order valence-corrected chi connectivity index (χ3v) is 4.67. The zero-order chi connectivity index (χ0) is 20.5. The molecule has 0 radical (unpaired) electrons. The van der Waals surface area contributed by atoms with E-state index in [9.17, 15) is 4.79 Å². The maximum Gasteiger partial charge on any atom is 0.246 e. The van der Waals surface area contributed by atoms with Gasteiger partial charge in [-0.05, 0) is 61.7 Å². The molecule has 0 aliphatic heterocycles. The molecule has 0 saturated carbocycles. The molecule has 0 spiro atoms. The minimum atomic E-state index is -0.0155. The van der Waals surface area contributed by atoms with Crippen LogP contribution in [0.25, 0.3) is 6.08 Å². The molecule has 150 valence electrons. The van der Waals surface area contributed by atoms with E-state index >= 15 is 0 Å². The van der Waals surface area contributed by atoms with Crippen LogP contribution in [0.3, 0.4) is 0 Å². The van der Waals surface area contributed by atoms with Gasteiger partial charge in [-0.1, -0.05) is 18.2 Å². The van der Waals surface area contributed by atoms with E-state index in [0.29, 0.717) is 18.0 Å². The highest BCUT2D eigenvalue weighted by Gasteiger charge is 2.17. The van der Waals surface area contributed by atoms with Gasteiger partial charge in [0.15, 0.2) is 11.5 Å². The minimum Gasteiger partial charge on any atom is -0.497 e. The number of amides is 1. The summed E-state index contributed by atoms with van der Waals surface area (Å²) in [6, 6.07) is 13.6. The topological polar surface area (TPSA) is 48.0 Å². The maximum absolute atomic E-state index is 12.7. The lowest BCUT2D eigenvalue weighted by molar-refractivity contribution is -0.127. The molecule has 0 heterocycles. The zero-order valence-corrected chi connectivity index (χ0v) is 17.3. The normalized spacial score (nSPS) is 11.9. The lowest BCUT2D eigenvalue weighted by Gasteiger charge is -2.27. The molecule has 0 fully saturated rings. The van der Waals surface area contributed by atoms with Crippen molar-refractivity contribution in [3.63, 3.8) is 0 Å². The van der Waals surface area contributed by atoms with Crippen LogP contribution in [0.4, 0.5) is 0 Å². The van der Waals surface area contributed by atoms with Crippen LogP contribution in [-0.4, -0.2) is 44.7 Å². The van der Waals surface area contributed by atoms with Crippen LogP contribution in [0.1, 0.15) is 25.0 Å². The molecule has 0 saturated heterocycles. The third-order valence-electron chi connectivity index (χ3n) is 4.67. The van der Waals surface area contributed by atoms with E-state index in [0.717, 1.165) is 17.7 Å². The first-order chi connectivity index (χ1) is 13.5. The van der Waals surface area contributed by atoms with Gasteiger partial charge in [0.25, 0.3) is 0 Å². The Kier molecular flexibility index (Phi) is 7.93. The molecule has 5 heteroatoms. The molecule has 1 amide bonds. The predicted octanol–water partition coefficient (Wildman–Crippen LogP) is 4.21. The van der Waals surface area contributed by atoms with Crippen molar-refractivity contribution in [1.82, 2.24) is 4.90 Å². The molecule has 0 aliphatic carbocycles. The molecule has 0 N–H and O–H groups in total. The van der Waals surface area contributed by atoms with Gasteiger partial charge < -0.3 is 19.1 Å². The third kappa shape index (κ3) is 5.52. The number of ether oxygens (including phenoxy) is 3. The summed E-state index contributed by atoms with van der Waals surface area (Å²) in [5.41, 5.74) is 2.05. The van der Waals surface area contributed by atoms with Gasteiger partial charge >= 0.3 is 0 Å². The fourth-order valence-corrected chi connectivity index (χ4v) is 3.12. The Morgan fingerprint density at radius 1 is 1.00 bits per heavy atom. The number of benzene rings is 2. The van der Waals surface area contributed by atoms with Crippen molar-refractivity contribution in [3.8, 4) is 17.2 Å². The highest BCUT2D eigenvalue weighted by molar-refractivity contribution is 5.92. The number of nitrogens with zero attached hydrogens (tertiary/aromatic N) is 1. The molecular formula is C23H29NO4. The van der Waals surface area contributed by atoms with E-state index in [1.54, 1.807) is 33.5 Å². The Labute approximate surface area is 167 Å². The molecule has 0 bridgehead atoms. The SMILES string of the molecule is CCN(C(=O)C=Cc1ccc(OC)c(OC)c1)C(C)Cc1ccc(OC)cc1. The van der Waals surface area contributed by atoms with Crippen LogP contribution in [0.15, 0.2) is 48.5 Å². The molecule has 1 unspecified atom stereocenters. The second-order valence-corrected chi connectivity index (χ2v) is 6.47. The van der Waals surface area contributed by atoms with Gasteiger partial charge in [-0.25, -0.2) is 0 Å². The average molecular weight is 383 g/mol. The quantitative estimate of drug-likeness (QED) is 0.609. The largest absolute Gasteiger partial charge is 0.497 e. The maximum atomic E-state index is 12.7. The first-order valence-corrected chi connectivity index (χ1v) is 9.36. The van der Waals surface area contributed by atoms with Crippen molar-refractivity contribution in [2.45, 2.75) is 26.3 Å². The first kappa shape index (κ1) is 21.4. The molecule has 28 heavy (non-hydrogen) atoms. The minimum absolute atomic E-state index is 0.0155. The fraction of sp³-hybridized carbons (Fsp3) is 0.348. The molecule has 2 aromatic carbocycles. The number of hydrogen-bond donors (Lipinski definition) is 0. The number of methoxy groups -OCH3 is 3. The van der Waals surface area contributed by atoms with Crippen molar-refractivity contribution >= 4 is 12.0 Å². The van der Waals surface area contributed by atoms with Crippen LogP contribution < -0.4 is 14.2 Å². The lowest BCUT2D eigenvalue weighted by Crippen LogP contribution is -2.38. The van der Waals surface area contributed by atoms with Crippen LogP contribution in [-0.2, 0) is 11.2 Å². The predicted molar refractivity (Wildman–Crippen MR) is 112 cm³/mol. The molecule has 0 aromatic heterocycles. The summed E-state index contributed by atoms with van der Waals surface area (Å²) >= 11 is 0. The molecule has 0 aliphatic rings. The molecule has 2 aromatic rings. The van der Waals surface area contributed by atoms with E-state index in [2.05, 4.69) is 6.92 Å². The van der Waals surface area contributed by atoms with Gasteiger partial charge in [0, 0.05) is 18.7 Å². The van der Waals surface area contributed by atoms with E-state index in [4.69, 9.17) is 14.2 Å². The number of likely N-dealkylation sites (N-methyl/N-ethyl adjacent to an activating group) is 1. The lowest BCUT2D eigenvalue weighted by atomic mass is 10.1. The molecule has 2 rings (SSSR count). The standard InChI is InChI=1S/C23H29NO4/c1-6-24(17(2)15-18-7-11-20(26-3)12-8-18)23(25)14-10-19-9-13-21(27-4)22(16-19)28-5/h7-14,16-17H,6,15H2,1-5H3. The highest BCUT2D eigenvalue weighted by Crippen LogP contribution is 2.28. The Balaban J connectivity index is 2.06.